The van der Waals surface area contributed by atoms with Crippen LogP contribution in [0.4, 0.5) is 0 Å². The van der Waals surface area contributed by atoms with Crippen LogP contribution in [0.3, 0.4) is 0 Å². The first kappa shape index (κ1) is 9.26. The minimum Gasteiger partial charge on any atom is -0.341 e. The normalized spacial score (nSPS) is 19.8. The van der Waals surface area contributed by atoms with E-state index in [4.69, 9.17) is 0 Å². The van der Waals surface area contributed by atoms with Crippen LogP contribution in [-0.4, -0.2) is 48.4 Å². The van der Waals surface area contributed by atoms with Gasteiger partial charge in [0, 0.05) is 26.2 Å². The number of rotatable bonds is 3. The third-order valence-corrected chi connectivity index (χ3v) is 2.17. The zero-order valence-electron chi connectivity index (χ0n) is 7.62. The summed E-state index contributed by atoms with van der Waals surface area (Å²) < 4.78 is 0. The summed E-state index contributed by atoms with van der Waals surface area (Å²) in [5.74, 6) is 0.241. The molecule has 0 atom stereocenters. The van der Waals surface area contributed by atoms with Crippen LogP contribution in [-0.2, 0) is 4.79 Å². The van der Waals surface area contributed by atoms with Crippen LogP contribution in [0.1, 0.15) is 6.92 Å². The van der Waals surface area contributed by atoms with Crippen LogP contribution in [0.2, 0.25) is 0 Å². The zero-order valence-corrected chi connectivity index (χ0v) is 7.62. The average molecular weight is 168 g/mol. The van der Waals surface area contributed by atoms with Gasteiger partial charge in [0.2, 0.25) is 5.91 Å². The Hall–Kier alpha value is -0.830. The van der Waals surface area contributed by atoms with Gasteiger partial charge in [0.05, 0.1) is 6.54 Å². The summed E-state index contributed by atoms with van der Waals surface area (Å²) in [5.41, 5.74) is 0. The van der Waals surface area contributed by atoms with Crippen LogP contribution in [0.25, 0.3) is 0 Å². The van der Waals surface area contributed by atoms with Crippen molar-refractivity contribution in [3.05, 3.63) is 12.7 Å². The molecule has 12 heavy (non-hydrogen) atoms. The molecule has 0 radical (unpaired) electrons. The van der Waals surface area contributed by atoms with Gasteiger partial charge in [0.1, 0.15) is 0 Å². The van der Waals surface area contributed by atoms with Crippen LogP contribution >= 0.6 is 0 Å². The molecule has 0 aromatic heterocycles. The molecule has 3 heteroatoms. The lowest BCUT2D eigenvalue weighted by Gasteiger charge is -2.32. The smallest absolute Gasteiger partial charge is 0.236 e. The lowest BCUT2D eigenvalue weighted by atomic mass is 10.3. The number of hydrogen-bond acceptors (Lipinski definition) is 2. The molecule has 0 unspecified atom stereocenters. The van der Waals surface area contributed by atoms with Gasteiger partial charge in [-0.1, -0.05) is 6.08 Å². The van der Waals surface area contributed by atoms with E-state index in [1.165, 1.54) is 0 Å². The van der Waals surface area contributed by atoms with Crippen molar-refractivity contribution in [3.63, 3.8) is 0 Å². The monoisotopic (exact) mass is 168 g/mol. The molecule has 0 spiro atoms. The van der Waals surface area contributed by atoms with Gasteiger partial charge >= 0.3 is 0 Å². The molecule has 0 saturated carbocycles. The van der Waals surface area contributed by atoms with E-state index in [1.54, 1.807) is 0 Å². The van der Waals surface area contributed by atoms with Crippen molar-refractivity contribution in [2.45, 2.75) is 6.92 Å². The lowest BCUT2D eigenvalue weighted by Crippen LogP contribution is -2.49. The Morgan fingerprint density at radius 1 is 1.58 bits per heavy atom. The summed E-state index contributed by atoms with van der Waals surface area (Å²) in [6, 6.07) is 0. The maximum atomic E-state index is 11.4. The summed E-state index contributed by atoms with van der Waals surface area (Å²) in [6.45, 7) is 9.72. The second kappa shape index (κ2) is 4.26. The quantitative estimate of drug-likeness (QED) is 0.567. The fourth-order valence-electron chi connectivity index (χ4n) is 1.43. The predicted molar refractivity (Wildman–Crippen MR) is 48.9 cm³/mol. The number of nitrogens with zero attached hydrogens (tertiary/aromatic N) is 2. The summed E-state index contributed by atoms with van der Waals surface area (Å²) in [6.07, 6.45) is 1.84. The van der Waals surface area contributed by atoms with Gasteiger partial charge in [-0.2, -0.15) is 0 Å². The fourth-order valence-corrected chi connectivity index (χ4v) is 1.43. The third kappa shape index (κ3) is 2.08. The number of hydrogen-bond donors (Lipinski definition) is 0. The van der Waals surface area contributed by atoms with Crippen LogP contribution in [0.5, 0.6) is 0 Å². The molecule has 1 saturated heterocycles. The third-order valence-electron chi connectivity index (χ3n) is 2.17. The fraction of sp³-hybridized carbons (Fsp3) is 0.667. The molecule has 1 amide bonds. The topological polar surface area (TPSA) is 23.6 Å². The molecule has 1 fully saturated rings. The molecule has 1 rings (SSSR count). The molecule has 0 bridgehead atoms. The van der Waals surface area contributed by atoms with Crippen molar-refractivity contribution >= 4 is 5.91 Å². The maximum absolute atomic E-state index is 11.4. The van der Waals surface area contributed by atoms with E-state index in [9.17, 15) is 4.79 Å². The summed E-state index contributed by atoms with van der Waals surface area (Å²) in [4.78, 5) is 15.4. The van der Waals surface area contributed by atoms with Gasteiger partial charge in [0.15, 0.2) is 0 Å². The van der Waals surface area contributed by atoms with Crippen molar-refractivity contribution < 1.29 is 4.79 Å². The van der Waals surface area contributed by atoms with E-state index in [2.05, 4.69) is 11.5 Å². The van der Waals surface area contributed by atoms with Crippen molar-refractivity contribution in [2.75, 3.05) is 32.7 Å². The first-order chi connectivity index (χ1) is 5.77. The Morgan fingerprint density at radius 3 is 2.83 bits per heavy atom. The molecule has 68 valence electrons. The standard InChI is InChI=1S/C9H16N2O/c1-3-5-10-6-7-11(4-2)9(12)8-10/h3H,1,4-8H2,2H3. The van der Waals surface area contributed by atoms with Gasteiger partial charge in [-0.25, -0.2) is 0 Å². The summed E-state index contributed by atoms with van der Waals surface area (Å²) in [5, 5.41) is 0. The minimum absolute atomic E-state index is 0.241. The van der Waals surface area contributed by atoms with Crippen molar-refractivity contribution in [2.24, 2.45) is 0 Å². The number of carbonyl (C=O) groups excluding carboxylic acids is 1. The molecule has 1 aliphatic heterocycles. The molecule has 0 aromatic rings. The lowest BCUT2D eigenvalue weighted by molar-refractivity contribution is -0.135. The molecular weight excluding hydrogens is 152 g/mol. The zero-order chi connectivity index (χ0) is 8.97. The molecule has 0 N–H and O–H groups in total. The Morgan fingerprint density at radius 2 is 2.33 bits per heavy atom. The SMILES string of the molecule is C=CCN1CCN(CC)C(=O)C1. The summed E-state index contributed by atoms with van der Waals surface area (Å²) >= 11 is 0. The van der Waals surface area contributed by atoms with E-state index in [-0.39, 0.29) is 5.91 Å². The van der Waals surface area contributed by atoms with Crippen molar-refractivity contribution in [1.82, 2.24) is 9.80 Å². The number of carbonyl (C=O) groups is 1. The van der Waals surface area contributed by atoms with Crippen LogP contribution in [0, 0.1) is 0 Å². The van der Waals surface area contributed by atoms with Crippen LogP contribution in [0.15, 0.2) is 12.7 Å². The number of amides is 1. The van der Waals surface area contributed by atoms with Gasteiger partial charge in [-0.15, -0.1) is 6.58 Å². The van der Waals surface area contributed by atoms with Gasteiger partial charge < -0.3 is 4.90 Å². The Bertz CT molecular complexity index is 179. The molecule has 3 nitrogen and oxygen atoms in total. The predicted octanol–water partition coefficient (Wildman–Crippen LogP) is 0.337. The minimum atomic E-state index is 0.241. The Kier molecular flexibility index (Phi) is 3.29. The van der Waals surface area contributed by atoms with Crippen molar-refractivity contribution in [1.29, 1.82) is 0 Å². The molecule has 1 heterocycles. The van der Waals surface area contributed by atoms with Crippen LogP contribution < -0.4 is 0 Å². The molecule has 0 aromatic carbocycles. The van der Waals surface area contributed by atoms with Gasteiger partial charge in [-0.05, 0) is 6.92 Å². The van der Waals surface area contributed by atoms with E-state index >= 15 is 0 Å². The highest BCUT2D eigenvalue weighted by atomic mass is 16.2. The Balaban J connectivity index is 2.40. The maximum Gasteiger partial charge on any atom is 0.236 e. The summed E-state index contributed by atoms with van der Waals surface area (Å²) in [7, 11) is 0. The first-order valence-electron chi connectivity index (χ1n) is 4.39. The van der Waals surface area contributed by atoms with E-state index in [0.717, 1.165) is 26.2 Å². The van der Waals surface area contributed by atoms with Gasteiger partial charge in [0.25, 0.3) is 0 Å². The largest absolute Gasteiger partial charge is 0.341 e. The number of likely N-dealkylation sites (N-methyl/N-ethyl adjacent to an activating group) is 1. The van der Waals surface area contributed by atoms with E-state index < -0.39 is 0 Å². The molecular formula is C9H16N2O. The van der Waals surface area contributed by atoms with Gasteiger partial charge in [-0.3, -0.25) is 9.69 Å². The highest BCUT2D eigenvalue weighted by Gasteiger charge is 2.20. The average Bonchev–Trinajstić information content (AvgIpc) is 2.05. The highest BCUT2D eigenvalue weighted by molar-refractivity contribution is 5.78. The molecule has 1 aliphatic rings. The number of piperazine rings is 1. The van der Waals surface area contributed by atoms with Crippen molar-refractivity contribution in [3.8, 4) is 0 Å². The second-order valence-corrected chi connectivity index (χ2v) is 3.00. The molecule has 0 aliphatic carbocycles. The van der Waals surface area contributed by atoms with E-state index in [0.29, 0.717) is 6.54 Å². The highest BCUT2D eigenvalue weighted by Crippen LogP contribution is 2.01. The Labute approximate surface area is 73.6 Å². The second-order valence-electron chi connectivity index (χ2n) is 3.00. The van der Waals surface area contributed by atoms with E-state index in [1.807, 2.05) is 17.9 Å². The first-order valence-corrected chi connectivity index (χ1v) is 4.39.